The summed E-state index contributed by atoms with van der Waals surface area (Å²) in [5.74, 6) is 2.18. The number of hydrogen-bond acceptors (Lipinski definition) is 4. The van der Waals surface area contributed by atoms with Crippen molar-refractivity contribution in [1.82, 2.24) is 29.2 Å². The van der Waals surface area contributed by atoms with E-state index in [0.717, 1.165) is 54.6 Å². The number of anilines is 1. The Kier molecular flexibility index (Phi) is 5.93. The molecule has 4 aromatic rings. The molecule has 2 aromatic heterocycles. The van der Waals surface area contributed by atoms with Gasteiger partial charge in [0.1, 0.15) is 11.5 Å². The molecule has 0 amide bonds. The smallest absolute Gasteiger partial charge is 0.399 e. The van der Waals surface area contributed by atoms with Gasteiger partial charge in [0, 0.05) is 36.1 Å². The largest absolute Gasteiger partial charge is 0.553 e. The van der Waals surface area contributed by atoms with Crippen LogP contribution in [0.15, 0.2) is 90.8 Å². The minimum absolute atomic E-state index is 0.718. The molecule has 39 heavy (non-hydrogen) atoms. The zero-order valence-corrected chi connectivity index (χ0v) is 22.1. The minimum atomic E-state index is 0.718. The Morgan fingerprint density at radius 2 is 1.74 bits per heavy atom. The van der Waals surface area contributed by atoms with E-state index >= 15 is 0 Å². The molecule has 3 aliphatic rings. The van der Waals surface area contributed by atoms with Crippen LogP contribution in [-0.4, -0.2) is 67.3 Å². The first-order valence-corrected chi connectivity index (χ1v) is 13.5. The molecule has 0 saturated carbocycles. The number of aromatic nitrogens is 4. The molecule has 5 heterocycles. The van der Waals surface area contributed by atoms with Crippen LogP contribution in [0, 0.1) is 0 Å². The summed E-state index contributed by atoms with van der Waals surface area (Å²) in [6.07, 6.45) is 8.98. The van der Waals surface area contributed by atoms with E-state index in [2.05, 4.69) is 104 Å². The molecule has 0 atom stereocenters. The van der Waals surface area contributed by atoms with Gasteiger partial charge in [-0.2, -0.15) is 0 Å². The number of benzene rings is 2. The van der Waals surface area contributed by atoms with E-state index < -0.39 is 0 Å². The molecule has 0 aliphatic carbocycles. The number of nitrogens with two attached hydrogens (primary N) is 1. The molecule has 3 aliphatic heterocycles. The Bertz CT molecular complexity index is 1600. The van der Waals surface area contributed by atoms with Crippen LogP contribution in [0.4, 0.5) is 5.69 Å². The first-order chi connectivity index (χ1) is 19.1. The fourth-order valence-electron chi connectivity index (χ4n) is 5.82. The van der Waals surface area contributed by atoms with Crippen molar-refractivity contribution < 1.29 is 4.58 Å². The van der Waals surface area contributed by atoms with Crippen LogP contribution in [0.1, 0.15) is 35.4 Å². The van der Waals surface area contributed by atoms with Crippen molar-refractivity contribution in [2.75, 3.05) is 25.9 Å². The van der Waals surface area contributed by atoms with Crippen LogP contribution >= 0.6 is 0 Å². The fraction of sp³-hybridized carbons (Fsp3) is 0.233. The Hall–Kier alpha value is -4.37. The molecule has 9 heteroatoms. The van der Waals surface area contributed by atoms with Gasteiger partial charge in [-0.1, -0.05) is 47.7 Å². The van der Waals surface area contributed by atoms with Crippen LogP contribution in [0.5, 0.6) is 0 Å². The quantitative estimate of drug-likeness (QED) is 0.242. The molecule has 2 N–H and O–H groups in total. The SMILES string of the molecule is CN(Cc1ccccc1)Cc1cn(-c2ccc3n2[B]N2C(=C3c3ccc(N)cc3)C=CC2=[N+]2CCCC2)nn1. The van der Waals surface area contributed by atoms with E-state index in [1.165, 1.54) is 35.5 Å². The summed E-state index contributed by atoms with van der Waals surface area (Å²) < 4.78 is 6.59. The maximum Gasteiger partial charge on any atom is 0.553 e. The average Bonchev–Trinajstić information content (AvgIpc) is 3.75. The van der Waals surface area contributed by atoms with Gasteiger partial charge in [0.15, 0.2) is 0 Å². The average molecular weight is 514 g/mol. The van der Waals surface area contributed by atoms with Crippen molar-refractivity contribution in [3.63, 3.8) is 0 Å². The molecule has 0 spiro atoms. The lowest BCUT2D eigenvalue weighted by Crippen LogP contribution is -2.42. The summed E-state index contributed by atoms with van der Waals surface area (Å²) >= 11 is 0. The third-order valence-corrected chi connectivity index (χ3v) is 7.67. The van der Waals surface area contributed by atoms with E-state index in [4.69, 9.17) is 5.73 Å². The summed E-state index contributed by atoms with van der Waals surface area (Å²) in [5.41, 5.74) is 13.6. The summed E-state index contributed by atoms with van der Waals surface area (Å²) in [6.45, 7) is 3.75. The molecule has 8 nitrogen and oxygen atoms in total. The highest BCUT2D eigenvalue weighted by Gasteiger charge is 2.40. The third kappa shape index (κ3) is 4.38. The van der Waals surface area contributed by atoms with Crippen LogP contribution in [0.3, 0.4) is 0 Å². The lowest BCUT2D eigenvalue weighted by molar-refractivity contribution is -0.508. The van der Waals surface area contributed by atoms with Crippen LogP contribution in [0.25, 0.3) is 11.4 Å². The van der Waals surface area contributed by atoms with E-state index in [1.807, 2.05) is 29.1 Å². The normalized spacial score (nSPS) is 16.3. The lowest BCUT2D eigenvalue weighted by Gasteiger charge is -2.26. The lowest BCUT2D eigenvalue weighted by atomic mass is 9.91. The number of allylic oxidation sites excluding steroid dienone is 1. The second-order valence-electron chi connectivity index (χ2n) is 10.5. The first kappa shape index (κ1) is 23.7. The van der Waals surface area contributed by atoms with Gasteiger partial charge in [0.25, 0.3) is 5.84 Å². The van der Waals surface area contributed by atoms with Gasteiger partial charge in [-0.3, -0.25) is 14.3 Å². The van der Waals surface area contributed by atoms with Crippen molar-refractivity contribution >= 4 is 24.6 Å². The maximum atomic E-state index is 6.04. The summed E-state index contributed by atoms with van der Waals surface area (Å²) in [4.78, 5) is 4.57. The zero-order valence-electron chi connectivity index (χ0n) is 22.1. The standard InChI is InChI=1S/C30H30BN8/c1-35(19-22-7-3-2-4-8-22)20-25-21-37(34-33-25)29-16-14-27-30(23-9-11-24(32)12-10-23)26-13-15-28(36-17-5-6-18-36)38(26)31-39(27)29/h2-4,7-16,21,32H,5-6,17-20H2,1H3/p+1. The Morgan fingerprint density at radius 3 is 2.54 bits per heavy atom. The van der Waals surface area contributed by atoms with Crippen LogP contribution in [-0.2, 0) is 13.1 Å². The minimum Gasteiger partial charge on any atom is -0.399 e. The maximum absolute atomic E-state index is 6.04. The molecule has 1 saturated heterocycles. The molecule has 7 rings (SSSR count). The van der Waals surface area contributed by atoms with Crippen molar-refractivity contribution in [1.29, 1.82) is 0 Å². The number of nitrogens with zero attached hydrogens (tertiary/aromatic N) is 7. The van der Waals surface area contributed by atoms with Crippen molar-refractivity contribution in [3.05, 3.63) is 113 Å². The first-order valence-electron chi connectivity index (χ1n) is 13.5. The molecule has 1 radical (unpaired) electrons. The van der Waals surface area contributed by atoms with E-state index in [9.17, 15) is 0 Å². The second-order valence-corrected chi connectivity index (χ2v) is 10.5. The van der Waals surface area contributed by atoms with Gasteiger partial charge >= 0.3 is 7.55 Å². The highest BCUT2D eigenvalue weighted by atomic mass is 15.5. The molecule has 0 bridgehead atoms. The number of rotatable bonds is 6. The van der Waals surface area contributed by atoms with Crippen LogP contribution < -0.4 is 5.73 Å². The predicted molar refractivity (Wildman–Crippen MR) is 154 cm³/mol. The van der Waals surface area contributed by atoms with Gasteiger partial charge in [-0.25, -0.2) is 4.68 Å². The Balaban J connectivity index is 1.23. The van der Waals surface area contributed by atoms with Gasteiger partial charge in [0.05, 0.1) is 25.0 Å². The number of nitrogen functional groups attached to an aromatic ring is 1. The number of amidine groups is 1. The Labute approximate surface area is 229 Å². The second kappa shape index (κ2) is 9.74. The summed E-state index contributed by atoms with van der Waals surface area (Å²) in [7, 11) is 4.30. The topological polar surface area (TPSA) is 71.2 Å². The molecular weight excluding hydrogens is 483 g/mol. The monoisotopic (exact) mass is 514 g/mol. The van der Waals surface area contributed by atoms with Crippen molar-refractivity contribution in [2.24, 2.45) is 0 Å². The molecule has 2 aromatic carbocycles. The predicted octanol–water partition coefficient (Wildman–Crippen LogP) is 3.51. The third-order valence-electron chi connectivity index (χ3n) is 7.67. The molecular formula is C30H31BN8+. The van der Waals surface area contributed by atoms with E-state index in [0.29, 0.717) is 0 Å². The summed E-state index contributed by atoms with van der Waals surface area (Å²) in [6, 6.07) is 23.0. The van der Waals surface area contributed by atoms with Crippen LogP contribution in [0.2, 0.25) is 0 Å². The highest BCUT2D eigenvalue weighted by Crippen LogP contribution is 2.37. The molecule has 1 fully saturated rings. The zero-order chi connectivity index (χ0) is 26.3. The molecule has 193 valence electrons. The van der Waals surface area contributed by atoms with Gasteiger partial charge in [-0.05, 0) is 61.4 Å². The highest BCUT2D eigenvalue weighted by molar-refractivity contribution is 6.40. The fourth-order valence-corrected chi connectivity index (χ4v) is 5.82. The van der Waals surface area contributed by atoms with Gasteiger partial charge < -0.3 is 10.2 Å². The summed E-state index contributed by atoms with van der Waals surface area (Å²) in [5, 5.41) is 9.05. The van der Waals surface area contributed by atoms with Crippen molar-refractivity contribution in [3.8, 4) is 5.82 Å². The van der Waals surface area contributed by atoms with Crippen molar-refractivity contribution in [2.45, 2.75) is 25.9 Å². The van der Waals surface area contributed by atoms with Gasteiger partial charge in [0.2, 0.25) is 0 Å². The van der Waals surface area contributed by atoms with E-state index in [1.54, 1.807) is 0 Å². The number of fused-ring (bicyclic) bond motifs is 2. The number of hydrogen-bond donors (Lipinski definition) is 1. The van der Waals surface area contributed by atoms with E-state index in [-0.39, 0.29) is 0 Å². The Morgan fingerprint density at radius 1 is 0.949 bits per heavy atom. The molecule has 0 unspecified atom stereocenters. The van der Waals surface area contributed by atoms with Gasteiger partial charge in [-0.15, -0.1) is 5.10 Å².